The number of nitro benzene ring substituents is 1. The number of alkyl halides is 3. The van der Waals surface area contributed by atoms with Crippen LogP contribution in [0, 0.1) is 15.9 Å². The molecule has 128 valence electrons. The van der Waals surface area contributed by atoms with Crippen LogP contribution in [-0.4, -0.2) is 23.0 Å². The van der Waals surface area contributed by atoms with Crippen LogP contribution in [0.4, 0.5) is 28.9 Å². The summed E-state index contributed by atoms with van der Waals surface area (Å²) in [6.07, 6.45) is -5.07. The van der Waals surface area contributed by atoms with E-state index in [1.807, 2.05) is 0 Å². The SMILES string of the molecule is CC(C)(C)OC(=O)CNc1cc(F)c(C(F)(F)F)cc1[N+](=O)[O-]. The first-order chi connectivity index (χ1) is 10.3. The zero-order valence-corrected chi connectivity index (χ0v) is 12.5. The molecule has 0 saturated heterocycles. The maximum Gasteiger partial charge on any atom is 0.419 e. The van der Waals surface area contributed by atoms with E-state index >= 15 is 0 Å². The average molecular weight is 338 g/mol. The highest BCUT2D eigenvalue weighted by atomic mass is 19.4. The van der Waals surface area contributed by atoms with E-state index < -0.39 is 52.0 Å². The summed E-state index contributed by atoms with van der Waals surface area (Å²) >= 11 is 0. The highest BCUT2D eigenvalue weighted by Gasteiger charge is 2.37. The lowest BCUT2D eigenvalue weighted by molar-refractivity contribution is -0.384. The van der Waals surface area contributed by atoms with Gasteiger partial charge >= 0.3 is 12.1 Å². The van der Waals surface area contributed by atoms with Gasteiger partial charge in [-0.15, -0.1) is 0 Å². The van der Waals surface area contributed by atoms with Gasteiger partial charge in [0.15, 0.2) is 0 Å². The summed E-state index contributed by atoms with van der Waals surface area (Å²) < 4.78 is 56.1. The zero-order valence-electron chi connectivity index (χ0n) is 12.5. The first kappa shape index (κ1) is 18.7. The summed E-state index contributed by atoms with van der Waals surface area (Å²) in [4.78, 5) is 21.2. The second-order valence-corrected chi connectivity index (χ2v) is 5.54. The summed E-state index contributed by atoms with van der Waals surface area (Å²) in [7, 11) is 0. The van der Waals surface area contributed by atoms with Crippen molar-refractivity contribution in [2.75, 3.05) is 11.9 Å². The van der Waals surface area contributed by atoms with Crippen molar-refractivity contribution in [2.24, 2.45) is 0 Å². The molecule has 0 aliphatic carbocycles. The summed E-state index contributed by atoms with van der Waals surface area (Å²) in [6, 6.07) is 0.401. The lowest BCUT2D eigenvalue weighted by atomic mass is 10.1. The molecule has 1 N–H and O–H groups in total. The molecule has 0 atom stereocenters. The first-order valence-corrected chi connectivity index (χ1v) is 6.32. The van der Waals surface area contributed by atoms with Gasteiger partial charge in [-0.1, -0.05) is 0 Å². The normalized spacial score (nSPS) is 12.0. The third-order valence-electron chi connectivity index (χ3n) is 2.43. The van der Waals surface area contributed by atoms with Crippen molar-refractivity contribution in [3.8, 4) is 0 Å². The van der Waals surface area contributed by atoms with Gasteiger partial charge in [-0.25, -0.2) is 4.39 Å². The van der Waals surface area contributed by atoms with Gasteiger partial charge in [0, 0.05) is 12.1 Å². The Hall–Kier alpha value is -2.39. The Morgan fingerprint density at radius 3 is 2.30 bits per heavy atom. The fourth-order valence-corrected chi connectivity index (χ4v) is 1.62. The van der Waals surface area contributed by atoms with E-state index in [0.29, 0.717) is 6.07 Å². The van der Waals surface area contributed by atoms with Crippen LogP contribution < -0.4 is 5.32 Å². The molecule has 0 amide bonds. The highest BCUT2D eigenvalue weighted by molar-refractivity contribution is 5.77. The third kappa shape index (κ3) is 5.38. The number of nitrogens with zero attached hydrogens (tertiary/aromatic N) is 1. The van der Waals surface area contributed by atoms with Crippen molar-refractivity contribution in [1.29, 1.82) is 0 Å². The molecule has 0 bridgehead atoms. The number of hydrogen-bond acceptors (Lipinski definition) is 5. The molecule has 6 nitrogen and oxygen atoms in total. The monoisotopic (exact) mass is 338 g/mol. The van der Waals surface area contributed by atoms with Gasteiger partial charge in [0.05, 0.1) is 10.5 Å². The minimum atomic E-state index is -5.07. The maximum atomic E-state index is 13.5. The predicted molar refractivity (Wildman–Crippen MR) is 72.4 cm³/mol. The molecule has 1 aromatic carbocycles. The number of esters is 1. The third-order valence-corrected chi connectivity index (χ3v) is 2.43. The van der Waals surface area contributed by atoms with Gasteiger partial charge in [0.2, 0.25) is 0 Å². The van der Waals surface area contributed by atoms with Crippen LogP contribution >= 0.6 is 0 Å². The van der Waals surface area contributed by atoms with E-state index in [-0.39, 0.29) is 6.07 Å². The number of carbonyl (C=O) groups is 1. The number of hydrogen-bond donors (Lipinski definition) is 1. The van der Waals surface area contributed by atoms with Gasteiger partial charge < -0.3 is 10.1 Å². The Bertz CT molecular complexity index is 624. The lowest BCUT2D eigenvalue weighted by Gasteiger charge is -2.19. The number of nitrogens with one attached hydrogen (secondary N) is 1. The van der Waals surface area contributed by atoms with Crippen LogP contribution in [0.1, 0.15) is 26.3 Å². The Morgan fingerprint density at radius 2 is 1.87 bits per heavy atom. The van der Waals surface area contributed by atoms with Gasteiger partial charge in [-0.3, -0.25) is 14.9 Å². The van der Waals surface area contributed by atoms with Crippen LogP contribution in [0.25, 0.3) is 0 Å². The fraction of sp³-hybridized carbons (Fsp3) is 0.462. The molecule has 10 heteroatoms. The Morgan fingerprint density at radius 1 is 1.30 bits per heavy atom. The van der Waals surface area contributed by atoms with Crippen molar-refractivity contribution in [2.45, 2.75) is 32.5 Å². The molecular formula is C13H14F4N2O4. The molecule has 1 aromatic rings. The first-order valence-electron chi connectivity index (χ1n) is 6.32. The van der Waals surface area contributed by atoms with Gasteiger partial charge in [0.25, 0.3) is 5.69 Å². The molecular weight excluding hydrogens is 324 g/mol. The molecule has 1 rings (SSSR count). The topological polar surface area (TPSA) is 81.5 Å². The Kier molecular flexibility index (Phi) is 5.18. The van der Waals surface area contributed by atoms with Gasteiger partial charge in [-0.2, -0.15) is 13.2 Å². The summed E-state index contributed by atoms with van der Waals surface area (Å²) in [6.45, 7) is 4.20. The molecule has 0 aromatic heterocycles. The second kappa shape index (κ2) is 6.39. The van der Waals surface area contributed by atoms with E-state index in [9.17, 15) is 32.5 Å². The van der Waals surface area contributed by atoms with Crippen LogP contribution in [0.15, 0.2) is 12.1 Å². The van der Waals surface area contributed by atoms with Crippen LogP contribution in [0.2, 0.25) is 0 Å². The molecule has 0 radical (unpaired) electrons. The number of ether oxygens (including phenoxy) is 1. The standard InChI is InChI=1S/C13H14F4N2O4/c1-12(2,3)23-11(20)6-18-9-5-8(14)7(13(15,16)17)4-10(9)19(21)22/h4-5,18H,6H2,1-3H3. The second-order valence-electron chi connectivity index (χ2n) is 5.54. The molecule has 23 heavy (non-hydrogen) atoms. The molecule has 0 spiro atoms. The Labute approximate surface area is 128 Å². The zero-order chi connectivity index (χ0) is 18.0. The molecule has 0 unspecified atom stereocenters. The molecule has 0 fully saturated rings. The summed E-state index contributed by atoms with van der Waals surface area (Å²) in [5, 5.41) is 13.1. The van der Waals surface area contributed by atoms with Crippen molar-refractivity contribution < 1.29 is 32.0 Å². The number of benzene rings is 1. The molecule has 0 aliphatic rings. The van der Waals surface area contributed by atoms with Crippen LogP contribution in [-0.2, 0) is 15.7 Å². The van der Waals surface area contributed by atoms with Crippen molar-refractivity contribution in [3.05, 3.63) is 33.6 Å². The maximum absolute atomic E-state index is 13.5. The molecule has 0 aliphatic heterocycles. The minimum Gasteiger partial charge on any atom is -0.459 e. The van der Waals surface area contributed by atoms with Crippen molar-refractivity contribution in [1.82, 2.24) is 0 Å². The fourth-order valence-electron chi connectivity index (χ4n) is 1.62. The lowest BCUT2D eigenvalue weighted by Crippen LogP contribution is -2.28. The highest BCUT2D eigenvalue weighted by Crippen LogP contribution is 2.37. The van der Waals surface area contributed by atoms with E-state index in [4.69, 9.17) is 4.74 Å². The van der Waals surface area contributed by atoms with Crippen molar-refractivity contribution in [3.63, 3.8) is 0 Å². The predicted octanol–water partition coefficient (Wildman–Crippen LogP) is 3.51. The number of nitro groups is 1. The molecule has 0 saturated carbocycles. The summed E-state index contributed by atoms with van der Waals surface area (Å²) in [5.41, 5.74) is -4.11. The minimum absolute atomic E-state index is 0.0761. The number of anilines is 1. The van der Waals surface area contributed by atoms with Crippen LogP contribution in [0.3, 0.4) is 0 Å². The van der Waals surface area contributed by atoms with E-state index in [2.05, 4.69) is 5.32 Å². The number of rotatable bonds is 4. The molecule has 0 heterocycles. The Balaban J connectivity index is 3.05. The smallest absolute Gasteiger partial charge is 0.419 e. The van der Waals surface area contributed by atoms with Gasteiger partial charge in [-0.05, 0) is 20.8 Å². The largest absolute Gasteiger partial charge is 0.459 e. The van der Waals surface area contributed by atoms with E-state index in [1.165, 1.54) is 0 Å². The van der Waals surface area contributed by atoms with Gasteiger partial charge in [0.1, 0.15) is 23.7 Å². The van der Waals surface area contributed by atoms with Crippen molar-refractivity contribution >= 4 is 17.3 Å². The van der Waals surface area contributed by atoms with E-state index in [1.54, 1.807) is 20.8 Å². The number of carbonyl (C=O) groups excluding carboxylic acids is 1. The van der Waals surface area contributed by atoms with E-state index in [0.717, 1.165) is 0 Å². The number of halogens is 4. The van der Waals surface area contributed by atoms with Crippen LogP contribution in [0.5, 0.6) is 0 Å². The summed E-state index contributed by atoms with van der Waals surface area (Å²) in [5.74, 6) is -2.48. The average Bonchev–Trinajstić information content (AvgIpc) is 2.32. The quantitative estimate of drug-likeness (QED) is 0.393.